The van der Waals surface area contributed by atoms with E-state index >= 15 is 0 Å². The fourth-order valence-corrected chi connectivity index (χ4v) is 2.55. The minimum Gasteiger partial charge on any atom is -0.315 e. The summed E-state index contributed by atoms with van der Waals surface area (Å²) in [6, 6.07) is 0.731. The van der Waals surface area contributed by atoms with Crippen molar-refractivity contribution in [2.24, 2.45) is 5.92 Å². The van der Waals surface area contributed by atoms with E-state index in [0.29, 0.717) is 0 Å². The van der Waals surface area contributed by atoms with Crippen LogP contribution in [0.2, 0.25) is 0 Å². The van der Waals surface area contributed by atoms with E-state index in [-0.39, 0.29) is 0 Å². The van der Waals surface area contributed by atoms with Crippen molar-refractivity contribution in [2.75, 3.05) is 39.8 Å². The molecule has 2 rings (SSSR count). The van der Waals surface area contributed by atoms with Crippen molar-refractivity contribution in [3.8, 4) is 0 Å². The van der Waals surface area contributed by atoms with Gasteiger partial charge in [-0.05, 0) is 51.9 Å². The highest BCUT2D eigenvalue weighted by Crippen LogP contribution is 2.13. The van der Waals surface area contributed by atoms with Gasteiger partial charge in [0.2, 0.25) is 0 Å². The van der Waals surface area contributed by atoms with Gasteiger partial charge in [0, 0.05) is 19.1 Å². The fourth-order valence-electron chi connectivity index (χ4n) is 2.55. The molecule has 0 aromatic heterocycles. The van der Waals surface area contributed by atoms with Crippen LogP contribution in [-0.4, -0.2) is 50.7 Å². The molecule has 2 heterocycles. The Labute approximate surface area is 87.2 Å². The summed E-state index contributed by atoms with van der Waals surface area (Å²) in [4.78, 5) is 2.44. The van der Waals surface area contributed by atoms with E-state index in [1.54, 1.807) is 0 Å². The van der Waals surface area contributed by atoms with Gasteiger partial charge in [-0.25, -0.2) is 0 Å². The minimum atomic E-state index is 0.731. The van der Waals surface area contributed by atoms with E-state index in [9.17, 15) is 0 Å². The minimum absolute atomic E-state index is 0.731. The molecule has 14 heavy (non-hydrogen) atoms. The molecule has 0 saturated carbocycles. The largest absolute Gasteiger partial charge is 0.315 e. The van der Waals surface area contributed by atoms with E-state index < -0.39 is 0 Å². The summed E-state index contributed by atoms with van der Waals surface area (Å²) < 4.78 is 0. The lowest BCUT2D eigenvalue weighted by Gasteiger charge is -2.25. The first kappa shape index (κ1) is 10.4. The first-order valence-electron chi connectivity index (χ1n) is 5.97. The predicted molar refractivity (Wildman–Crippen MR) is 59.5 cm³/mol. The third-order valence-corrected chi connectivity index (χ3v) is 3.48. The van der Waals surface area contributed by atoms with Gasteiger partial charge in [-0.2, -0.15) is 0 Å². The summed E-state index contributed by atoms with van der Waals surface area (Å²) in [5.74, 6) is 0.891. The highest BCUT2D eigenvalue weighted by Gasteiger charge is 2.20. The van der Waals surface area contributed by atoms with Gasteiger partial charge in [-0.3, -0.25) is 0 Å². The average molecular weight is 197 g/mol. The number of hydrogen-bond acceptors (Lipinski definition) is 3. The summed E-state index contributed by atoms with van der Waals surface area (Å²) in [5, 5.41) is 7.14. The van der Waals surface area contributed by atoms with Gasteiger partial charge in [-0.15, -0.1) is 0 Å². The van der Waals surface area contributed by atoms with Crippen molar-refractivity contribution < 1.29 is 0 Å². The lowest BCUT2D eigenvalue weighted by atomic mass is 10.1. The van der Waals surface area contributed by atoms with Crippen molar-refractivity contribution >= 4 is 0 Å². The van der Waals surface area contributed by atoms with Crippen molar-refractivity contribution in [2.45, 2.75) is 25.3 Å². The number of nitrogens with one attached hydrogen (secondary N) is 2. The van der Waals surface area contributed by atoms with Crippen LogP contribution in [0.15, 0.2) is 0 Å². The van der Waals surface area contributed by atoms with Gasteiger partial charge < -0.3 is 15.5 Å². The second kappa shape index (κ2) is 5.10. The van der Waals surface area contributed by atoms with Crippen LogP contribution in [0.3, 0.4) is 0 Å². The summed E-state index contributed by atoms with van der Waals surface area (Å²) in [6.07, 6.45) is 4.07. The monoisotopic (exact) mass is 197 g/mol. The molecule has 2 unspecified atom stereocenters. The normalized spacial score (nSPS) is 34.9. The summed E-state index contributed by atoms with van der Waals surface area (Å²) in [7, 11) is 2.22. The highest BCUT2D eigenvalue weighted by molar-refractivity contribution is 4.79. The zero-order chi connectivity index (χ0) is 9.80. The standard InChI is InChI=1S/C11H23N3/c1-14-6-4-10(9-14)7-13-11-3-2-5-12-8-11/h10-13H,2-9H2,1H3. The molecule has 0 aromatic carbocycles. The molecule has 0 amide bonds. The Bertz CT molecular complexity index is 161. The number of hydrogen-bond donors (Lipinski definition) is 2. The van der Waals surface area contributed by atoms with Gasteiger partial charge in [0.05, 0.1) is 0 Å². The number of rotatable bonds is 3. The Morgan fingerprint density at radius 1 is 1.43 bits per heavy atom. The number of nitrogens with zero attached hydrogens (tertiary/aromatic N) is 1. The van der Waals surface area contributed by atoms with Crippen molar-refractivity contribution in [1.82, 2.24) is 15.5 Å². The zero-order valence-electron chi connectivity index (χ0n) is 9.26. The third kappa shape index (κ3) is 2.94. The van der Waals surface area contributed by atoms with Gasteiger partial charge in [0.25, 0.3) is 0 Å². The van der Waals surface area contributed by atoms with Gasteiger partial charge in [0.15, 0.2) is 0 Å². The molecule has 3 heteroatoms. The molecule has 2 N–H and O–H groups in total. The molecule has 0 spiro atoms. The molecule has 0 aromatic rings. The molecule has 2 saturated heterocycles. The summed E-state index contributed by atoms with van der Waals surface area (Å²) in [5.41, 5.74) is 0. The zero-order valence-corrected chi connectivity index (χ0v) is 9.26. The Kier molecular flexibility index (Phi) is 3.79. The first-order chi connectivity index (χ1) is 6.84. The Balaban J connectivity index is 1.61. The molecule has 2 atom stereocenters. The second-order valence-electron chi connectivity index (χ2n) is 4.87. The van der Waals surface area contributed by atoms with Gasteiger partial charge in [0.1, 0.15) is 0 Å². The maximum Gasteiger partial charge on any atom is 0.0193 e. The van der Waals surface area contributed by atoms with Crippen LogP contribution in [0.1, 0.15) is 19.3 Å². The maximum absolute atomic E-state index is 3.69. The van der Waals surface area contributed by atoms with Crippen LogP contribution in [0.25, 0.3) is 0 Å². The first-order valence-corrected chi connectivity index (χ1v) is 5.97. The van der Waals surface area contributed by atoms with Crippen LogP contribution in [0, 0.1) is 5.92 Å². The van der Waals surface area contributed by atoms with E-state index in [2.05, 4.69) is 22.6 Å². The van der Waals surface area contributed by atoms with Crippen LogP contribution < -0.4 is 10.6 Å². The van der Waals surface area contributed by atoms with E-state index in [1.165, 1.54) is 52.0 Å². The predicted octanol–water partition coefficient (Wildman–Crippen LogP) is 0.280. The topological polar surface area (TPSA) is 27.3 Å². The maximum atomic E-state index is 3.69. The van der Waals surface area contributed by atoms with Crippen LogP contribution in [0.4, 0.5) is 0 Å². The molecule has 0 aliphatic carbocycles. The lowest BCUT2D eigenvalue weighted by molar-refractivity contribution is 0.348. The van der Waals surface area contributed by atoms with E-state index in [0.717, 1.165) is 12.0 Å². The second-order valence-corrected chi connectivity index (χ2v) is 4.87. The van der Waals surface area contributed by atoms with E-state index in [1.807, 2.05) is 0 Å². The molecule has 3 nitrogen and oxygen atoms in total. The quantitative estimate of drug-likeness (QED) is 0.680. The van der Waals surface area contributed by atoms with E-state index in [4.69, 9.17) is 0 Å². The van der Waals surface area contributed by atoms with Crippen molar-refractivity contribution in [3.05, 3.63) is 0 Å². The van der Waals surface area contributed by atoms with Gasteiger partial charge in [-0.1, -0.05) is 0 Å². The molecule has 2 aliphatic rings. The summed E-state index contributed by atoms with van der Waals surface area (Å²) in [6.45, 7) is 6.17. The number of piperidine rings is 1. The average Bonchev–Trinajstić information content (AvgIpc) is 2.63. The fraction of sp³-hybridized carbons (Fsp3) is 1.00. The molecule has 82 valence electrons. The van der Waals surface area contributed by atoms with Crippen LogP contribution in [-0.2, 0) is 0 Å². The Hall–Kier alpha value is -0.120. The molecular formula is C11H23N3. The van der Waals surface area contributed by atoms with Crippen molar-refractivity contribution in [3.63, 3.8) is 0 Å². The Morgan fingerprint density at radius 2 is 2.36 bits per heavy atom. The molecule has 0 bridgehead atoms. The third-order valence-electron chi connectivity index (χ3n) is 3.48. The molecule has 2 aliphatic heterocycles. The van der Waals surface area contributed by atoms with Crippen LogP contribution >= 0.6 is 0 Å². The molecule has 0 radical (unpaired) electrons. The van der Waals surface area contributed by atoms with Crippen molar-refractivity contribution in [1.29, 1.82) is 0 Å². The summed E-state index contributed by atoms with van der Waals surface area (Å²) >= 11 is 0. The number of likely N-dealkylation sites (tertiary alicyclic amines) is 1. The molecule has 2 fully saturated rings. The lowest BCUT2D eigenvalue weighted by Crippen LogP contribution is -2.44. The van der Waals surface area contributed by atoms with Gasteiger partial charge >= 0.3 is 0 Å². The highest BCUT2D eigenvalue weighted by atomic mass is 15.1. The van der Waals surface area contributed by atoms with Crippen LogP contribution in [0.5, 0.6) is 0 Å². The molecular weight excluding hydrogens is 174 g/mol. The Morgan fingerprint density at radius 3 is 3.00 bits per heavy atom. The smallest absolute Gasteiger partial charge is 0.0193 e. The SMILES string of the molecule is CN1CCC(CNC2CCCNC2)C1.